The molecule has 1 heterocycles. The molecule has 0 bridgehead atoms. The van der Waals surface area contributed by atoms with Crippen LogP contribution in [0.1, 0.15) is 33.1 Å². The van der Waals surface area contributed by atoms with Crippen LogP contribution >= 0.6 is 0 Å². The van der Waals surface area contributed by atoms with E-state index in [-0.39, 0.29) is 18.6 Å². The minimum Gasteiger partial charge on any atom is -0.372 e. The molecule has 0 saturated carbocycles. The number of nitrogens with zero attached hydrogens (tertiary/aromatic N) is 1. The van der Waals surface area contributed by atoms with E-state index in [1.807, 2.05) is 18.7 Å². The van der Waals surface area contributed by atoms with Gasteiger partial charge in [-0.2, -0.15) is 0 Å². The number of ether oxygens (including phenoxy) is 1. The van der Waals surface area contributed by atoms with E-state index in [9.17, 15) is 4.79 Å². The van der Waals surface area contributed by atoms with Crippen LogP contribution in [-0.4, -0.2) is 43.2 Å². The molecule has 16 heavy (non-hydrogen) atoms. The first kappa shape index (κ1) is 13.5. The summed E-state index contributed by atoms with van der Waals surface area (Å²) in [6.07, 6.45) is 3.15. The highest BCUT2D eigenvalue weighted by Gasteiger charge is 2.25. The summed E-state index contributed by atoms with van der Waals surface area (Å²) >= 11 is 0. The molecule has 2 N–H and O–H groups in total. The van der Waals surface area contributed by atoms with Crippen LogP contribution < -0.4 is 5.73 Å². The maximum absolute atomic E-state index is 11.8. The number of hydrogen-bond donors (Lipinski definition) is 1. The second kappa shape index (κ2) is 6.86. The van der Waals surface area contributed by atoms with Gasteiger partial charge in [0.15, 0.2) is 0 Å². The van der Waals surface area contributed by atoms with Gasteiger partial charge in [-0.3, -0.25) is 4.79 Å². The van der Waals surface area contributed by atoms with Crippen molar-refractivity contribution < 1.29 is 9.53 Å². The molecule has 94 valence electrons. The lowest BCUT2D eigenvalue weighted by Crippen LogP contribution is -2.46. The van der Waals surface area contributed by atoms with Crippen molar-refractivity contribution in [1.29, 1.82) is 0 Å². The van der Waals surface area contributed by atoms with Gasteiger partial charge in [-0.15, -0.1) is 0 Å². The third-order valence-corrected chi connectivity index (χ3v) is 3.13. The van der Waals surface area contributed by atoms with Gasteiger partial charge < -0.3 is 15.4 Å². The van der Waals surface area contributed by atoms with E-state index in [4.69, 9.17) is 10.5 Å². The zero-order valence-corrected chi connectivity index (χ0v) is 10.4. The first-order valence-electron chi connectivity index (χ1n) is 6.26. The predicted molar refractivity (Wildman–Crippen MR) is 64.1 cm³/mol. The monoisotopic (exact) mass is 228 g/mol. The van der Waals surface area contributed by atoms with E-state index in [1.54, 1.807) is 0 Å². The lowest BCUT2D eigenvalue weighted by molar-refractivity contribution is -0.138. The molecule has 0 spiro atoms. The largest absolute Gasteiger partial charge is 0.372 e. The number of carbonyl (C=O) groups excluding carboxylic acids is 1. The minimum absolute atomic E-state index is 0.110. The van der Waals surface area contributed by atoms with Crippen LogP contribution in [0.3, 0.4) is 0 Å². The molecule has 0 aromatic carbocycles. The number of amides is 1. The van der Waals surface area contributed by atoms with Crippen molar-refractivity contribution in [2.45, 2.75) is 39.2 Å². The van der Waals surface area contributed by atoms with Crippen LogP contribution in [0.2, 0.25) is 0 Å². The normalized spacial score (nSPS) is 23.2. The van der Waals surface area contributed by atoms with E-state index in [0.29, 0.717) is 12.5 Å². The van der Waals surface area contributed by atoms with E-state index in [0.717, 1.165) is 32.4 Å². The number of carbonyl (C=O) groups is 1. The molecule has 2 unspecified atom stereocenters. The summed E-state index contributed by atoms with van der Waals surface area (Å²) in [6, 6.07) is 0.173. The van der Waals surface area contributed by atoms with Crippen LogP contribution in [0, 0.1) is 5.92 Å². The molecule has 1 saturated heterocycles. The fraction of sp³-hybridized carbons (Fsp3) is 0.917. The van der Waals surface area contributed by atoms with E-state index in [2.05, 4.69) is 0 Å². The maximum atomic E-state index is 11.8. The highest BCUT2D eigenvalue weighted by atomic mass is 16.5. The van der Waals surface area contributed by atoms with Crippen molar-refractivity contribution in [3.63, 3.8) is 0 Å². The van der Waals surface area contributed by atoms with Crippen molar-refractivity contribution in [2.24, 2.45) is 11.7 Å². The number of nitrogens with two attached hydrogens (primary N) is 1. The van der Waals surface area contributed by atoms with Gasteiger partial charge in [0.25, 0.3) is 0 Å². The second-order valence-electron chi connectivity index (χ2n) is 4.65. The zero-order valence-electron chi connectivity index (χ0n) is 10.4. The van der Waals surface area contributed by atoms with Gasteiger partial charge in [0.05, 0.1) is 0 Å². The number of piperidine rings is 1. The summed E-state index contributed by atoms with van der Waals surface area (Å²) in [4.78, 5) is 13.7. The topological polar surface area (TPSA) is 55.6 Å². The summed E-state index contributed by atoms with van der Waals surface area (Å²) in [5, 5.41) is 0. The van der Waals surface area contributed by atoms with Gasteiger partial charge in [0.1, 0.15) is 6.61 Å². The van der Waals surface area contributed by atoms with Crippen molar-refractivity contribution >= 4 is 5.91 Å². The zero-order chi connectivity index (χ0) is 12.0. The third kappa shape index (κ3) is 4.10. The Morgan fingerprint density at radius 2 is 2.38 bits per heavy atom. The smallest absolute Gasteiger partial charge is 0.248 e. The lowest BCUT2D eigenvalue weighted by atomic mass is 9.92. The molecule has 0 aliphatic carbocycles. The maximum Gasteiger partial charge on any atom is 0.248 e. The Morgan fingerprint density at radius 3 is 3.00 bits per heavy atom. The molecule has 1 rings (SSSR count). The molecule has 2 atom stereocenters. The standard InChI is InChI=1S/C12H24N2O2/c1-3-7-16-9-12(15)14-6-4-5-11(8-14)10(2)13/h10-11H,3-9,13H2,1-2H3. The highest BCUT2D eigenvalue weighted by molar-refractivity contribution is 5.77. The molecule has 1 aliphatic heterocycles. The Hall–Kier alpha value is -0.610. The highest BCUT2D eigenvalue weighted by Crippen LogP contribution is 2.18. The summed E-state index contributed by atoms with van der Waals surface area (Å²) in [5.41, 5.74) is 5.88. The Bertz CT molecular complexity index is 219. The summed E-state index contributed by atoms with van der Waals surface area (Å²) in [5.74, 6) is 0.558. The van der Waals surface area contributed by atoms with Crippen LogP contribution in [0.5, 0.6) is 0 Å². The van der Waals surface area contributed by atoms with Gasteiger partial charge in [-0.25, -0.2) is 0 Å². The van der Waals surface area contributed by atoms with E-state index >= 15 is 0 Å². The Kier molecular flexibility index (Phi) is 5.77. The lowest BCUT2D eigenvalue weighted by Gasteiger charge is -2.34. The van der Waals surface area contributed by atoms with Crippen molar-refractivity contribution in [3.8, 4) is 0 Å². The molecule has 4 heteroatoms. The Morgan fingerprint density at radius 1 is 1.62 bits per heavy atom. The fourth-order valence-electron chi connectivity index (χ4n) is 2.06. The first-order valence-corrected chi connectivity index (χ1v) is 6.26. The van der Waals surface area contributed by atoms with Crippen molar-refractivity contribution in [2.75, 3.05) is 26.3 Å². The van der Waals surface area contributed by atoms with Crippen molar-refractivity contribution in [3.05, 3.63) is 0 Å². The predicted octanol–water partition coefficient (Wildman–Crippen LogP) is 0.999. The van der Waals surface area contributed by atoms with Crippen LogP contribution in [0.25, 0.3) is 0 Å². The molecular weight excluding hydrogens is 204 g/mol. The molecule has 1 fully saturated rings. The van der Waals surface area contributed by atoms with Gasteiger partial charge >= 0.3 is 0 Å². The molecule has 4 nitrogen and oxygen atoms in total. The van der Waals surface area contributed by atoms with Gasteiger partial charge in [-0.1, -0.05) is 6.92 Å². The Labute approximate surface area is 98.1 Å². The molecule has 0 aromatic heterocycles. The summed E-state index contributed by atoms with van der Waals surface area (Å²) in [6.45, 7) is 6.60. The number of hydrogen-bond acceptors (Lipinski definition) is 3. The molecule has 0 radical (unpaired) electrons. The SMILES string of the molecule is CCCOCC(=O)N1CCCC(C(C)N)C1. The van der Waals surface area contributed by atoms with Crippen LogP contribution in [0.4, 0.5) is 0 Å². The van der Waals surface area contributed by atoms with Gasteiger partial charge in [0, 0.05) is 25.7 Å². The summed E-state index contributed by atoms with van der Waals surface area (Å²) in [7, 11) is 0. The quantitative estimate of drug-likeness (QED) is 0.714. The molecular formula is C12H24N2O2. The van der Waals surface area contributed by atoms with Crippen molar-refractivity contribution in [1.82, 2.24) is 4.90 Å². The fourth-order valence-corrected chi connectivity index (χ4v) is 2.06. The minimum atomic E-state index is 0.110. The van der Waals surface area contributed by atoms with Gasteiger partial charge in [-0.05, 0) is 32.1 Å². The first-order chi connectivity index (χ1) is 7.65. The van der Waals surface area contributed by atoms with Crippen LogP contribution in [-0.2, 0) is 9.53 Å². The number of likely N-dealkylation sites (tertiary alicyclic amines) is 1. The van der Waals surface area contributed by atoms with E-state index < -0.39 is 0 Å². The second-order valence-corrected chi connectivity index (χ2v) is 4.65. The van der Waals surface area contributed by atoms with Gasteiger partial charge in [0.2, 0.25) is 5.91 Å². The average Bonchev–Trinajstić information content (AvgIpc) is 2.29. The summed E-state index contributed by atoms with van der Waals surface area (Å²) < 4.78 is 5.27. The molecule has 0 aromatic rings. The average molecular weight is 228 g/mol. The number of rotatable bonds is 5. The molecule has 1 aliphatic rings. The van der Waals surface area contributed by atoms with E-state index in [1.165, 1.54) is 0 Å². The molecule has 1 amide bonds. The van der Waals surface area contributed by atoms with Crippen LogP contribution in [0.15, 0.2) is 0 Å². The Balaban J connectivity index is 2.32. The third-order valence-electron chi connectivity index (χ3n) is 3.13.